The average Bonchev–Trinajstić information content (AvgIpc) is 2.54. The molecule has 8 heteroatoms. The van der Waals surface area contributed by atoms with Crippen molar-refractivity contribution >= 4 is 50.8 Å². The van der Waals surface area contributed by atoms with Crippen molar-refractivity contribution in [2.24, 2.45) is 0 Å². The van der Waals surface area contributed by atoms with Gasteiger partial charge in [-0.05, 0) is 36.5 Å². The highest BCUT2D eigenvalue weighted by Crippen LogP contribution is 2.23. The standard InChI is InChI=1S/C16H13BrN2O4S/c1-23-13-7-6-9(17)8-11(13)14(20)19-16(24)18-12-5-3-2-4-10(12)15(21)22/h2-8H,1H3,(H,21,22)(H2,18,19,20,24)/p-1. The fraction of sp³-hybridized carbons (Fsp3) is 0.0625. The molecule has 24 heavy (non-hydrogen) atoms. The Kier molecular flexibility index (Phi) is 5.88. The molecule has 0 radical (unpaired) electrons. The van der Waals surface area contributed by atoms with E-state index in [1.54, 1.807) is 30.3 Å². The summed E-state index contributed by atoms with van der Waals surface area (Å²) in [5, 5.41) is 16.2. The van der Waals surface area contributed by atoms with Crippen molar-refractivity contribution in [2.45, 2.75) is 0 Å². The molecule has 0 bridgehead atoms. The van der Waals surface area contributed by atoms with Crippen molar-refractivity contribution in [1.82, 2.24) is 5.32 Å². The van der Waals surface area contributed by atoms with Gasteiger partial charge in [-0.2, -0.15) is 0 Å². The van der Waals surface area contributed by atoms with E-state index in [1.807, 2.05) is 0 Å². The molecule has 0 spiro atoms. The molecule has 6 nitrogen and oxygen atoms in total. The number of benzene rings is 2. The summed E-state index contributed by atoms with van der Waals surface area (Å²) in [6.45, 7) is 0. The van der Waals surface area contributed by atoms with Crippen LogP contribution in [-0.4, -0.2) is 24.1 Å². The number of nitrogens with one attached hydrogen (secondary N) is 2. The van der Waals surface area contributed by atoms with Crippen molar-refractivity contribution in [1.29, 1.82) is 0 Å². The van der Waals surface area contributed by atoms with E-state index < -0.39 is 11.9 Å². The van der Waals surface area contributed by atoms with E-state index >= 15 is 0 Å². The highest BCUT2D eigenvalue weighted by molar-refractivity contribution is 9.10. The van der Waals surface area contributed by atoms with Gasteiger partial charge in [0.05, 0.1) is 18.6 Å². The summed E-state index contributed by atoms with van der Waals surface area (Å²) in [5.41, 5.74) is 0.447. The first-order valence-electron chi connectivity index (χ1n) is 6.68. The maximum atomic E-state index is 12.3. The molecule has 0 atom stereocenters. The van der Waals surface area contributed by atoms with Gasteiger partial charge >= 0.3 is 0 Å². The van der Waals surface area contributed by atoms with Crippen molar-refractivity contribution in [3.63, 3.8) is 0 Å². The Morgan fingerprint density at radius 3 is 2.54 bits per heavy atom. The van der Waals surface area contributed by atoms with Gasteiger partial charge in [-0.25, -0.2) is 0 Å². The summed E-state index contributed by atoms with van der Waals surface area (Å²) in [6.07, 6.45) is 0. The third-order valence-corrected chi connectivity index (χ3v) is 3.73. The maximum absolute atomic E-state index is 12.3. The quantitative estimate of drug-likeness (QED) is 0.752. The number of carboxylic acids is 1. The van der Waals surface area contributed by atoms with E-state index in [-0.39, 0.29) is 21.9 Å². The summed E-state index contributed by atoms with van der Waals surface area (Å²) in [7, 11) is 1.45. The fourth-order valence-electron chi connectivity index (χ4n) is 1.95. The molecule has 124 valence electrons. The molecular weight excluding hydrogens is 396 g/mol. The second-order valence-electron chi connectivity index (χ2n) is 4.59. The van der Waals surface area contributed by atoms with Gasteiger partial charge in [0.15, 0.2) is 5.11 Å². The Hall–Kier alpha value is -2.45. The molecule has 0 aliphatic heterocycles. The lowest BCUT2D eigenvalue weighted by atomic mass is 10.2. The lowest BCUT2D eigenvalue weighted by Gasteiger charge is -2.14. The number of amides is 1. The minimum Gasteiger partial charge on any atom is -0.545 e. The minimum atomic E-state index is -1.35. The summed E-state index contributed by atoms with van der Waals surface area (Å²) in [5.74, 6) is -1.45. The molecule has 0 unspecified atom stereocenters. The van der Waals surface area contributed by atoms with Gasteiger partial charge in [-0.15, -0.1) is 0 Å². The number of methoxy groups -OCH3 is 1. The van der Waals surface area contributed by atoms with Crippen molar-refractivity contribution in [3.05, 3.63) is 58.1 Å². The van der Waals surface area contributed by atoms with Crippen LogP contribution in [0.2, 0.25) is 0 Å². The van der Waals surface area contributed by atoms with Crippen LogP contribution in [-0.2, 0) is 0 Å². The zero-order valence-corrected chi connectivity index (χ0v) is 14.9. The van der Waals surface area contributed by atoms with Crippen molar-refractivity contribution < 1.29 is 19.4 Å². The van der Waals surface area contributed by atoms with Gasteiger partial charge in [0.25, 0.3) is 5.91 Å². The number of para-hydroxylation sites is 1. The van der Waals surface area contributed by atoms with Gasteiger partial charge in [0.2, 0.25) is 0 Å². The Bertz CT molecular complexity index is 810. The van der Waals surface area contributed by atoms with Crippen molar-refractivity contribution in [3.8, 4) is 5.75 Å². The van der Waals surface area contributed by atoms with Gasteiger partial charge in [0.1, 0.15) is 5.75 Å². The van der Waals surface area contributed by atoms with Crippen LogP contribution in [0.4, 0.5) is 5.69 Å². The van der Waals surface area contributed by atoms with Gasteiger partial charge in [-0.1, -0.05) is 34.1 Å². The van der Waals surface area contributed by atoms with Crippen LogP contribution in [0, 0.1) is 0 Å². The molecular formula is C16H12BrN2O4S-. The molecule has 2 rings (SSSR count). The zero-order valence-electron chi connectivity index (χ0n) is 12.5. The third kappa shape index (κ3) is 4.30. The molecule has 2 aromatic carbocycles. The number of thiocarbonyl (C=S) groups is 1. The third-order valence-electron chi connectivity index (χ3n) is 3.03. The number of aromatic carboxylic acids is 1. The summed E-state index contributed by atoms with van der Waals surface area (Å²) < 4.78 is 5.84. The van der Waals surface area contributed by atoms with Crippen LogP contribution < -0.4 is 20.5 Å². The summed E-state index contributed by atoms with van der Waals surface area (Å²) in [6, 6.07) is 11.1. The number of ether oxygens (including phenoxy) is 1. The largest absolute Gasteiger partial charge is 0.545 e. The lowest BCUT2D eigenvalue weighted by molar-refractivity contribution is -0.254. The number of carbonyl (C=O) groups excluding carboxylic acids is 2. The van der Waals surface area contributed by atoms with Crippen LogP contribution in [0.1, 0.15) is 20.7 Å². The van der Waals surface area contributed by atoms with Crippen LogP contribution >= 0.6 is 28.1 Å². The Balaban J connectivity index is 2.15. The van der Waals surface area contributed by atoms with Crippen LogP contribution in [0.5, 0.6) is 5.75 Å². The van der Waals surface area contributed by atoms with E-state index in [2.05, 4.69) is 26.6 Å². The van der Waals surface area contributed by atoms with Gasteiger partial charge in [0, 0.05) is 15.7 Å². The van der Waals surface area contributed by atoms with Gasteiger partial charge in [-0.3, -0.25) is 10.1 Å². The second kappa shape index (κ2) is 7.89. The fourth-order valence-corrected chi connectivity index (χ4v) is 2.52. The first-order valence-corrected chi connectivity index (χ1v) is 7.88. The Morgan fingerprint density at radius 2 is 1.88 bits per heavy atom. The smallest absolute Gasteiger partial charge is 0.261 e. The van der Waals surface area contributed by atoms with E-state index in [0.29, 0.717) is 10.2 Å². The highest BCUT2D eigenvalue weighted by atomic mass is 79.9. The highest BCUT2D eigenvalue weighted by Gasteiger charge is 2.15. The molecule has 1 amide bonds. The van der Waals surface area contributed by atoms with E-state index in [9.17, 15) is 14.7 Å². The van der Waals surface area contributed by atoms with Crippen LogP contribution in [0.15, 0.2) is 46.9 Å². The number of halogens is 1. The Morgan fingerprint density at radius 1 is 1.17 bits per heavy atom. The lowest BCUT2D eigenvalue weighted by Crippen LogP contribution is -2.35. The second-order valence-corrected chi connectivity index (χ2v) is 5.91. The Labute approximate surface area is 152 Å². The van der Waals surface area contributed by atoms with Crippen LogP contribution in [0.3, 0.4) is 0 Å². The van der Waals surface area contributed by atoms with Crippen molar-refractivity contribution in [2.75, 3.05) is 12.4 Å². The molecule has 2 N–H and O–H groups in total. The topological polar surface area (TPSA) is 90.5 Å². The number of hydrogen-bond donors (Lipinski definition) is 2. The SMILES string of the molecule is COc1ccc(Br)cc1C(=O)NC(=S)Nc1ccccc1C(=O)[O-]. The normalized spacial score (nSPS) is 9.92. The number of carboxylic acid groups (broad SMARTS) is 1. The summed E-state index contributed by atoms with van der Waals surface area (Å²) in [4.78, 5) is 23.4. The minimum absolute atomic E-state index is 0.0456. The molecule has 2 aromatic rings. The number of rotatable bonds is 4. The zero-order chi connectivity index (χ0) is 17.7. The number of hydrogen-bond acceptors (Lipinski definition) is 5. The van der Waals surface area contributed by atoms with E-state index in [4.69, 9.17) is 17.0 Å². The molecule has 0 saturated heterocycles. The van der Waals surface area contributed by atoms with E-state index in [1.165, 1.54) is 19.2 Å². The molecule has 0 aliphatic rings. The first kappa shape index (κ1) is 17.9. The monoisotopic (exact) mass is 407 g/mol. The molecule has 0 fully saturated rings. The molecule has 0 heterocycles. The average molecular weight is 408 g/mol. The number of anilines is 1. The maximum Gasteiger partial charge on any atom is 0.261 e. The molecule has 0 aliphatic carbocycles. The van der Waals surface area contributed by atoms with Gasteiger partial charge < -0.3 is 20.0 Å². The summed E-state index contributed by atoms with van der Waals surface area (Å²) >= 11 is 8.34. The molecule has 0 saturated carbocycles. The van der Waals surface area contributed by atoms with E-state index in [0.717, 1.165) is 0 Å². The number of carbonyl (C=O) groups is 2. The van der Waals surface area contributed by atoms with Crippen LogP contribution in [0.25, 0.3) is 0 Å². The predicted molar refractivity (Wildman–Crippen MR) is 95.2 cm³/mol. The first-order chi connectivity index (χ1) is 11.4. The predicted octanol–water partition coefficient (Wildman–Crippen LogP) is 1.95. The molecule has 0 aromatic heterocycles.